The van der Waals surface area contributed by atoms with Crippen molar-refractivity contribution in [2.45, 2.75) is 42.9 Å². The normalized spacial score (nSPS) is 17.1. The smallest absolute Gasteiger partial charge is 0.240 e. The lowest BCUT2D eigenvalue weighted by molar-refractivity contribution is 0.411. The molecule has 0 bridgehead atoms. The summed E-state index contributed by atoms with van der Waals surface area (Å²) < 4.78 is 33.5. The first-order chi connectivity index (χ1) is 11.5. The lowest BCUT2D eigenvalue weighted by atomic mass is 9.85. The van der Waals surface area contributed by atoms with Crippen molar-refractivity contribution in [2.24, 2.45) is 0 Å². The van der Waals surface area contributed by atoms with Gasteiger partial charge in [0.1, 0.15) is 5.75 Å². The standard InChI is InChI=1S/C18H23NO3S2/c1-14-12-15(7-8-16(14)22-2)24(20,21)19-13-18(9-3-4-10-18)17-6-5-11-23-17/h5-8,11-12,19H,3-4,9-10,13H2,1-2H3. The number of ether oxygens (including phenoxy) is 1. The Balaban J connectivity index is 1.80. The molecule has 24 heavy (non-hydrogen) atoms. The first kappa shape index (κ1) is 17.5. The number of benzene rings is 1. The Bertz CT molecular complexity index is 792. The molecule has 4 nitrogen and oxygen atoms in total. The average molecular weight is 366 g/mol. The molecule has 0 atom stereocenters. The van der Waals surface area contributed by atoms with Crippen molar-refractivity contribution >= 4 is 21.4 Å². The summed E-state index contributed by atoms with van der Waals surface area (Å²) in [6, 6.07) is 9.13. The topological polar surface area (TPSA) is 55.4 Å². The first-order valence-electron chi connectivity index (χ1n) is 8.15. The number of aryl methyl sites for hydroxylation is 1. The van der Waals surface area contributed by atoms with E-state index in [1.54, 1.807) is 36.6 Å². The van der Waals surface area contributed by atoms with Crippen LogP contribution in [0, 0.1) is 6.92 Å². The van der Waals surface area contributed by atoms with Gasteiger partial charge in [-0.1, -0.05) is 18.9 Å². The van der Waals surface area contributed by atoms with Gasteiger partial charge >= 0.3 is 0 Å². The van der Waals surface area contributed by atoms with Crippen molar-refractivity contribution in [3.8, 4) is 5.75 Å². The second-order valence-electron chi connectivity index (χ2n) is 6.42. The maximum atomic E-state index is 12.7. The number of nitrogens with one attached hydrogen (secondary N) is 1. The Labute approximate surface area is 147 Å². The maximum absolute atomic E-state index is 12.7. The Kier molecular flexibility index (Phi) is 4.99. The Morgan fingerprint density at radius 2 is 2.00 bits per heavy atom. The lowest BCUT2D eigenvalue weighted by Gasteiger charge is -2.28. The van der Waals surface area contributed by atoms with E-state index < -0.39 is 10.0 Å². The largest absolute Gasteiger partial charge is 0.496 e. The molecule has 6 heteroatoms. The molecule has 0 spiro atoms. The zero-order valence-electron chi connectivity index (χ0n) is 14.0. The van der Waals surface area contributed by atoms with Crippen molar-refractivity contribution in [1.82, 2.24) is 4.72 Å². The third-order valence-electron chi connectivity index (χ3n) is 4.88. The Morgan fingerprint density at radius 1 is 1.25 bits per heavy atom. The number of thiophene rings is 1. The number of methoxy groups -OCH3 is 1. The highest BCUT2D eigenvalue weighted by Gasteiger charge is 2.37. The van der Waals surface area contributed by atoms with Gasteiger partial charge in [0.2, 0.25) is 10.0 Å². The number of rotatable bonds is 6. The van der Waals surface area contributed by atoms with Crippen molar-refractivity contribution in [1.29, 1.82) is 0 Å². The molecule has 0 aliphatic heterocycles. The van der Waals surface area contributed by atoms with Gasteiger partial charge in [0.15, 0.2) is 0 Å². The van der Waals surface area contributed by atoms with Crippen LogP contribution in [0.25, 0.3) is 0 Å². The monoisotopic (exact) mass is 365 g/mol. The average Bonchev–Trinajstić information content (AvgIpc) is 3.25. The second-order valence-corrected chi connectivity index (χ2v) is 9.14. The van der Waals surface area contributed by atoms with Gasteiger partial charge in [0, 0.05) is 16.8 Å². The van der Waals surface area contributed by atoms with Crippen molar-refractivity contribution in [2.75, 3.05) is 13.7 Å². The third-order valence-corrected chi connectivity index (χ3v) is 7.40. The molecule has 1 aromatic heterocycles. The van der Waals surface area contributed by atoms with Crippen molar-refractivity contribution in [3.63, 3.8) is 0 Å². The lowest BCUT2D eigenvalue weighted by Crippen LogP contribution is -2.38. The maximum Gasteiger partial charge on any atom is 0.240 e. The van der Waals surface area contributed by atoms with E-state index in [1.165, 1.54) is 4.88 Å². The predicted octanol–water partition coefficient (Wildman–Crippen LogP) is 3.86. The zero-order chi connectivity index (χ0) is 17.2. The minimum absolute atomic E-state index is 0.0528. The van der Waals surface area contributed by atoms with Crippen molar-refractivity contribution in [3.05, 3.63) is 46.2 Å². The summed E-state index contributed by atoms with van der Waals surface area (Å²) in [4.78, 5) is 1.58. The summed E-state index contributed by atoms with van der Waals surface area (Å²) in [6.07, 6.45) is 4.39. The highest BCUT2D eigenvalue weighted by Crippen LogP contribution is 2.42. The van der Waals surface area contributed by atoms with Crippen LogP contribution in [0.3, 0.4) is 0 Å². The fourth-order valence-corrected chi connectivity index (χ4v) is 5.68. The van der Waals surface area contributed by atoms with E-state index in [2.05, 4.69) is 16.2 Å². The van der Waals surface area contributed by atoms with Crippen LogP contribution in [0.2, 0.25) is 0 Å². The van der Waals surface area contributed by atoms with Crippen LogP contribution in [0.4, 0.5) is 0 Å². The van der Waals surface area contributed by atoms with Gasteiger partial charge in [0.25, 0.3) is 0 Å². The van der Waals surface area contributed by atoms with Crippen LogP contribution in [0.5, 0.6) is 5.75 Å². The summed E-state index contributed by atoms with van der Waals surface area (Å²) >= 11 is 1.72. The molecule has 0 saturated heterocycles. The molecule has 2 aromatic rings. The molecule has 1 N–H and O–H groups in total. The van der Waals surface area contributed by atoms with E-state index in [9.17, 15) is 8.42 Å². The van der Waals surface area contributed by atoms with Crippen molar-refractivity contribution < 1.29 is 13.2 Å². The van der Waals surface area contributed by atoms with Gasteiger partial charge in [-0.25, -0.2) is 13.1 Å². The highest BCUT2D eigenvalue weighted by molar-refractivity contribution is 7.89. The van der Waals surface area contributed by atoms with Crippen LogP contribution in [-0.4, -0.2) is 22.1 Å². The van der Waals surface area contributed by atoms with Gasteiger partial charge < -0.3 is 4.74 Å². The third kappa shape index (κ3) is 3.36. The predicted molar refractivity (Wildman–Crippen MR) is 97.4 cm³/mol. The SMILES string of the molecule is COc1ccc(S(=O)(=O)NCC2(c3cccs3)CCCC2)cc1C. The van der Waals surface area contributed by atoms with Gasteiger partial charge in [-0.3, -0.25) is 0 Å². The molecule has 0 radical (unpaired) electrons. The van der Waals surface area contributed by atoms with Gasteiger partial charge in [-0.2, -0.15) is 0 Å². The molecule has 1 aliphatic carbocycles. The summed E-state index contributed by atoms with van der Waals surface area (Å²) in [5, 5.41) is 2.07. The van der Waals surface area contributed by atoms with Gasteiger partial charge in [0.05, 0.1) is 12.0 Å². The van der Waals surface area contributed by atoms with E-state index in [0.717, 1.165) is 31.2 Å². The van der Waals surface area contributed by atoms with E-state index in [0.29, 0.717) is 17.2 Å². The van der Waals surface area contributed by atoms with Crippen LogP contribution >= 0.6 is 11.3 Å². The molecule has 130 valence electrons. The second kappa shape index (κ2) is 6.86. The minimum atomic E-state index is -3.53. The fourth-order valence-electron chi connectivity index (χ4n) is 3.48. The van der Waals surface area contributed by atoms with Crippen LogP contribution in [0.1, 0.15) is 36.1 Å². The first-order valence-corrected chi connectivity index (χ1v) is 10.5. The molecular formula is C18H23NO3S2. The quantitative estimate of drug-likeness (QED) is 0.846. The summed E-state index contributed by atoms with van der Waals surface area (Å²) in [5.41, 5.74) is 0.761. The van der Waals surface area contributed by atoms with E-state index in [1.807, 2.05) is 13.0 Å². The summed E-state index contributed by atoms with van der Waals surface area (Å²) in [6.45, 7) is 2.31. The molecule has 1 fully saturated rings. The number of sulfonamides is 1. The summed E-state index contributed by atoms with van der Waals surface area (Å²) in [5.74, 6) is 0.694. The Morgan fingerprint density at radius 3 is 2.58 bits per heavy atom. The van der Waals surface area contributed by atoms with E-state index >= 15 is 0 Å². The van der Waals surface area contributed by atoms with Crippen LogP contribution < -0.4 is 9.46 Å². The molecule has 0 unspecified atom stereocenters. The highest BCUT2D eigenvalue weighted by atomic mass is 32.2. The molecule has 0 amide bonds. The fraction of sp³-hybridized carbons (Fsp3) is 0.444. The molecule has 1 aromatic carbocycles. The molecule has 3 rings (SSSR count). The van der Waals surface area contributed by atoms with E-state index in [-0.39, 0.29) is 5.41 Å². The van der Waals surface area contributed by atoms with Gasteiger partial charge in [-0.05, 0) is 55.0 Å². The van der Waals surface area contributed by atoms with E-state index in [4.69, 9.17) is 4.74 Å². The minimum Gasteiger partial charge on any atom is -0.496 e. The molecule has 1 heterocycles. The van der Waals surface area contributed by atoms with Gasteiger partial charge in [-0.15, -0.1) is 11.3 Å². The number of hydrogen-bond donors (Lipinski definition) is 1. The molecule has 1 aliphatic rings. The number of hydrogen-bond acceptors (Lipinski definition) is 4. The van der Waals surface area contributed by atoms with Crippen LogP contribution in [-0.2, 0) is 15.4 Å². The van der Waals surface area contributed by atoms with Crippen LogP contribution in [0.15, 0.2) is 40.6 Å². The zero-order valence-corrected chi connectivity index (χ0v) is 15.7. The Hall–Kier alpha value is -1.37. The molecular weight excluding hydrogens is 342 g/mol. The molecule has 1 saturated carbocycles. The summed E-state index contributed by atoms with van der Waals surface area (Å²) in [7, 11) is -1.94.